The second-order valence-corrected chi connectivity index (χ2v) is 1.97. The number of rotatable bonds is 1. The van der Waals surface area contributed by atoms with Gasteiger partial charge in [0.1, 0.15) is 5.71 Å². The van der Waals surface area contributed by atoms with Crippen molar-refractivity contribution in [2.24, 2.45) is 0 Å². The molecule has 0 aromatic heterocycles. The van der Waals surface area contributed by atoms with Crippen LogP contribution in [0.25, 0.3) is 5.73 Å². The number of allylic oxidation sites excluding steroid dienone is 2. The molecule has 0 rings (SSSR count). The van der Waals surface area contributed by atoms with Crippen LogP contribution in [-0.2, 0) is 17.1 Å². The van der Waals surface area contributed by atoms with Crippen molar-refractivity contribution in [3.05, 3.63) is 32.4 Å². The van der Waals surface area contributed by atoms with Gasteiger partial charge in [-0.3, -0.25) is 5.41 Å². The van der Waals surface area contributed by atoms with Crippen molar-refractivity contribution in [2.75, 3.05) is 0 Å². The van der Waals surface area contributed by atoms with Gasteiger partial charge in [-0.25, -0.2) is 0 Å². The zero-order valence-electron chi connectivity index (χ0n) is 8.15. The van der Waals surface area contributed by atoms with Crippen molar-refractivity contribution in [1.82, 2.24) is 0 Å². The Bertz CT molecular complexity index is 242. The Morgan fingerprint density at radius 1 is 0.938 bits per heavy atom. The normalized spacial score (nSPS) is 11.8. The molecule has 1 radical (unpaired) electrons. The fraction of sp³-hybridized carbons (Fsp3) is 0.286. The average Bonchev–Trinajstić information content (AvgIpc) is 1.82. The predicted molar refractivity (Wildman–Crippen MR) is 45.1 cm³/mol. The first-order valence-corrected chi connectivity index (χ1v) is 2.71. The zero-order chi connectivity index (χ0) is 10.9. The van der Waals surface area contributed by atoms with Crippen LogP contribution in [0.1, 0.15) is 0 Å². The fourth-order valence-electron chi connectivity index (χ4n) is 0.308. The maximum absolute atomic E-state index is 11.5. The summed E-state index contributed by atoms with van der Waals surface area (Å²) in [6, 6.07) is 0. The first-order chi connectivity index (χ1) is 5.55. The molecule has 0 bridgehead atoms. The molecular formula is C7H9CuF6N2-3. The molecule has 0 aliphatic heterocycles. The Morgan fingerprint density at radius 3 is 1.44 bits per heavy atom. The second kappa shape index (κ2) is 7.56. The number of nitrogens with one attached hydrogen (secondary N) is 2. The van der Waals surface area contributed by atoms with Crippen LogP contribution < -0.4 is 0 Å². The van der Waals surface area contributed by atoms with Crippen LogP contribution >= 0.6 is 0 Å². The van der Waals surface area contributed by atoms with Crippen molar-refractivity contribution in [3.8, 4) is 0 Å². The molecule has 0 heterocycles. The van der Waals surface area contributed by atoms with E-state index in [4.69, 9.17) is 11.1 Å². The van der Waals surface area contributed by atoms with Gasteiger partial charge in [-0.1, -0.05) is 5.70 Å². The van der Waals surface area contributed by atoms with E-state index in [0.29, 0.717) is 0 Å². The molecule has 0 aromatic rings. The molecule has 2 N–H and O–H groups in total. The van der Waals surface area contributed by atoms with Gasteiger partial charge in [-0.05, 0) is 6.08 Å². The molecule has 0 aliphatic rings. The maximum Gasteiger partial charge on any atom is 0.432 e. The van der Waals surface area contributed by atoms with Crippen molar-refractivity contribution in [2.45, 2.75) is 12.4 Å². The molecule has 0 saturated heterocycles. The molecule has 0 aliphatic carbocycles. The molecule has 2 nitrogen and oxygen atoms in total. The Kier molecular flexibility index (Phi) is 11.6. The van der Waals surface area contributed by atoms with E-state index in [-0.39, 0.29) is 31.9 Å². The van der Waals surface area contributed by atoms with Crippen molar-refractivity contribution >= 4 is 5.71 Å². The van der Waals surface area contributed by atoms with Gasteiger partial charge in [0.15, 0.2) is 0 Å². The Labute approximate surface area is 99.9 Å². The average molecular weight is 299 g/mol. The fourth-order valence-corrected chi connectivity index (χ4v) is 0.308. The summed E-state index contributed by atoms with van der Waals surface area (Å²) in [5.41, 5.74) is 1.73. The number of alkyl halides is 6. The van der Waals surface area contributed by atoms with Gasteiger partial charge >= 0.3 is 12.4 Å². The summed E-state index contributed by atoms with van der Waals surface area (Å²) in [5, 5.41) is 6.13. The minimum atomic E-state index is -5.16. The van der Waals surface area contributed by atoms with Gasteiger partial charge in [-0.2, -0.15) is 26.3 Å². The first kappa shape index (κ1) is 24.5. The van der Waals surface area contributed by atoms with Crippen LogP contribution in [-0.4, -0.2) is 18.1 Å². The third kappa shape index (κ3) is 8.60. The van der Waals surface area contributed by atoms with Gasteiger partial charge < -0.3 is 20.6 Å². The van der Waals surface area contributed by atoms with Crippen LogP contribution in [0.4, 0.5) is 26.3 Å². The van der Waals surface area contributed by atoms with E-state index >= 15 is 0 Å². The molecular weight excluding hydrogens is 290 g/mol. The molecule has 0 spiro atoms. The molecule has 9 heteroatoms. The van der Waals surface area contributed by atoms with Crippen LogP contribution in [0.15, 0.2) is 11.8 Å². The van der Waals surface area contributed by atoms with Crippen molar-refractivity contribution in [1.29, 1.82) is 5.41 Å². The molecule has 103 valence electrons. The van der Waals surface area contributed by atoms with Crippen LogP contribution in [0, 0.1) is 20.3 Å². The summed E-state index contributed by atoms with van der Waals surface area (Å²) in [5.74, 6) is 0. The van der Waals surface area contributed by atoms with Crippen LogP contribution in [0.3, 0.4) is 0 Å². The third-order valence-electron chi connectivity index (χ3n) is 0.899. The minimum absolute atomic E-state index is 0. The quantitative estimate of drug-likeness (QED) is 0.330. The number of hydrogen-bond donors (Lipinski definition) is 1. The minimum Gasteiger partial charge on any atom is -0.695 e. The second-order valence-electron chi connectivity index (χ2n) is 1.97. The molecule has 0 unspecified atom stereocenters. The standard InChI is InChI=1S/C5H3F6N2.2CH3.Cu/c6-4(7,8)2(12)1-3(13)5(9,10)11;;;/h1,12-13H;2*1H3;/q3*-1;/b2-1-,13-3?;;;. The summed E-state index contributed by atoms with van der Waals surface area (Å²) >= 11 is 0. The molecule has 0 amide bonds. The summed E-state index contributed by atoms with van der Waals surface area (Å²) in [6.45, 7) is 0. The van der Waals surface area contributed by atoms with E-state index in [1.807, 2.05) is 0 Å². The van der Waals surface area contributed by atoms with Gasteiger partial charge in [0.2, 0.25) is 0 Å². The van der Waals surface area contributed by atoms with Gasteiger partial charge in [0.05, 0.1) is 0 Å². The smallest absolute Gasteiger partial charge is 0.432 e. The van der Waals surface area contributed by atoms with E-state index in [1.165, 1.54) is 0 Å². The molecule has 0 aromatic carbocycles. The van der Waals surface area contributed by atoms with Gasteiger partial charge in [0, 0.05) is 17.1 Å². The number of halogens is 6. The molecule has 0 atom stereocenters. The summed E-state index contributed by atoms with van der Waals surface area (Å²) < 4.78 is 68.9. The monoisotopic (exact) mass is 298 g/mol. The van der Waals surface area contributed by atoms with Crippen molar-refractivity contribution in [3.63, 3.8) is 0 Å². The van der Waals surface area contributed by atoms with E-state index < -0.39 is 29.8 Å². The largest absolute Gasteiger partial charge is 0.695 e. The number of hydrogen-bond acceptors (Lipinski definition) is 1. The Hall–Kier alpha value is -0.691. The van der Waals surface area contributed by atoms with E-state index in [2.05, 4.69) is 0 Å². The first-order valence-electron chi connectivity index (χ1n) is 2.71. The zero-order valence-corrected chi connectivity index (χ0v) is 9.09. The molecule has 0 saturated carbocycles. The summed E-state index contributed by atoms with van der Waals surface area (Å²) in [6.07, 6.45) is -10.9. The van der Waals surface area contributed by atoms with E-state index in [9.17, 15) is 26.3 Å². The van der Waals surface area contributed by atoms with E-state index in [0.717, 1.165) is 0 Å². The van der Waals surface area contributed by atoms with Crippen molar-refractivity contribution < 1.29 is 43.4 Å². The Balaban J connectivity index is -0.000000240. The third-order valence-corrected chi connectivity index (χ3v) is 0.899. The van der Waals surface area contributed by atoms with Crippen LogP contribution in [0.5, 0.6) is 0 Å². The SMILES string of the molecule is N=C(/C=C(\[NH-])C(F)(F)F)C(F)(F)F.[CH3-].[CH3-].[Cu]. The predicted octanol–water partition coefficient (Wildman–Crippen LogP) is 3.96. The Morgan fingerprint density at radius 2 is 1.25 bits per heavy atom. The maximum atomic E-state index is 11.5. The van der Waals surface area contributed by atoms with Gasteiger partial charge in [0.25, 0.3) is 0 Å². The summed E-state index contributed by atoms with van der Waals surface area (Å²) in [4.78, 5) is 0. The topological polar surface area (TPSA) is 47.7 Å². The van der Waals surface area contributed by atoms with E-state index in [1.54, 1.807) is 0 Å². The molecule has 16 heavy (non-hydrogen) atoms. The van der Waals surface area contributed by atoms with Gasteiger partial charge in [-0.15, -0.1) is 0 Å². The van der Waals surface area contributed by atoms with Crippen LogP contribution in [0.2, 0.25) is 0 Å². The molecule has 0 fully saturated rings. The summed E-state index contributed by atoms with van der Waals surface area (Å²) in [7, 11) is 0.